The zero-order chi connectivity index (χ0) is 11.0. The number of unbranched alkanes of at least 4 members (excludes halogenated alkanes) is 1. The molecule has 0 saturated heterocycles. The van der Waals surface area contributed by atoms with Crippen molar-refractivity contribution in [3.8, 4) is 0 Å². The molecule has 0 bridgehead atoms. The van der Waals surface area contributed by atoms with Crippen molar-refractivity contribution >= 4 is 7.82 Å². The van der Waals surface area contributed by atoms with Gasteiger partial charge in [0.15, 0.2) is 6.29 Å². The minimum atomic E-state index is -3.92. The lowest BCUT2D eigenvalue weighted by molar-refractivity contribution is -0.0831. The largest absolute Gasteiger partial charge is 0.474 e. The summed E-state index contributed by atoms with van der Waals surface area (Å²) in [5.41, 5.74) is 0. The fourth-order valence-electron chi connectivity index (χ4n) is 0.805. The molecule has 0 aliphatic heterocycles. The van der Waals surface area contributed by atoms with Crippen LogP contribution in [0.2, 0.25) is 0 Å². The predicted molar refractivity (Wildman–Crippen MR) is 52.9 cm³/mol. The first-order valence-electron chi connectivity index (χ1n) is 4.79. The van der Waals surface area contributed by atoms with E-state index in [0.29, 0.717) is 6.61 Å². The van der Waals surface area contributed by atoms with E-state index >= 15 is 0 Å². The third kappa shape index (κ3) is 7.47. The van der Waals surface area contributed by atoms with Crippen molar-refractivity contribution in [2.45, 2.75) is 39.9 Å². The first-order valence-corrected chi connectivity index (χ1v) is 6.28. The van der Waals surface area contributed by atoms with E-state index in [-0.39, 0.29) is 6.61 Å². The Bertz CT molecular complexity index is 185. The maximum atomic E-state index is 11.1. The molecule has 0 aliphatic rings. The van der Waals surface area contributed by atoms with Crippen LogP contribution in [0.1, 0.15) is 33.6 Å². The molecule has 0 radical (unpaired) electrons. The number of hydrogen-bond acceptors (Lipinski definition) is 4. The molecule has 0 heterocycles. The van der Waals surface area contributed by atoms with Gasteiger partial charge in [-0.25, -0.2) is 4.57 Å². The number of rotatable bonds is 8. The molecule has 0 rings (SSSR count). The van der Waals surface area contributed by atoms with Crippen LogP contribution in [0.4, 0.5) is 0 Å². The highest BCUT2D eigenvalue weighted by Gasteiger charge is 2.23. The van der Waals surface area contributed by atoms with E-state index in [4.69, 9.17) is 14.2 Å². The molecule has 86 valence electrons. The van der Waals surface area contributed by atoms with E-state index < -0.39 is 14.1 Å². The average Bonchev–Trinajstić information content (AvgIpc) is 2.03. The van der Waals surface area contributed by atoms with Crippen molar-refractivity contribution in [1.82, 2.24) is 0 Å². The lowest BCUT2D eigenvalue weighted by Gasteiger charge is -2.16. The predicted octanol–water partition coefficient (Wildman–Crippen LogP) is 2.30. The molecule has 14 heavy (non-hydrogen) atoms. The van der Waals surface area contributed by atoms with Crippen LogP contribution < -0.4 is 0 Å². The Balaban J connectivity index is 3.69. The smallest absolute Gasteiger partial charge is 0.352 e. The molecule has 0 aromatic heterocycles. The SMILES string of the molecule is CCCCOC(C)OP(=O)(O)OCC. The van der Waals surface area contributed by atoms with Crippen LogP contribution in [-0.4, -0.2) is 24.4 Å². The summed E-state index contributed by atoms with van der Waals surface area (Å²) >= 11 is 0. The van der Waals surface area contributed by atoms with E-state index in [2.05, 4.69) is 4.52 Å². The second-order valence-corrected chi connectivity index (χ2v) is 4.19. The monoisotopic (exact) mass is 226 g/mol. The third-order valence-corrected chi connectivity index (χ3v) is 2.57. The second-order valence-electron chi connectivity index (χ2n) is 2.78. The van der Waals surface area contributed by atoms with Crippen LogP contribution in [0.3, 0.4) is 0 Å². The van der Waals surface area contributed by atoms with E-state index in [1.807, 2.05) is 6.92 Å². The molecule has 2 unspecified atom stereocenters. The van der Waals surface area contributed by atoms with Crippen molar-refractivity contribution < 1.29 is 23.2 Å². The number of phosphoric ester groups is 1. The summed E-state index contributed by atoms with van der Waals surface area (Å²) in [6.45, 7) is 5.87. The highest BCUT2D eigenvalue weighted by molar-refractivity contribution is 7.47. The van der Waals surface area contributed by atoms with Gasteiger partial charge in [0.1, 0.15) is 0 Å². The van der Waals surface area contributed by atoms with Crippen LogP contribution >= 0.6 is 7.82 Å². The summed E-state index contributed by atoms with van der Waals surface area (Å²) in [5, 5.41) is 0. The number of hydrogen-bond donors (Lipinski definition) is 1. The molecule has 5 nitrogen and oxygen atoms in total. The summed E-state index contributed by atoms with van der Waals surface area (Å²) in [4.78, 5) is 9.07. The van der Waals surface area contributed by atoms with Gasteiger partial charge in [-0.1, -0.05) is 13.3 Å². The Morgan fingerprint density at radius 2 is 2.07 bits per heavy atom. The highest BCUT2D eigenvalue weighted by Crippen LogP contribution is 2.44. The molecule has 0 aliphatic carbocycles. The van der Waals surface area contributed by atoms with Gasteiger partial charge < -0.3 is 9.63 Å². The molecule has 2 atom stereocenters. The minimum absolute atomic E-state index is 0.134. The van der Waals surface area contributed by atoms with Gasteiger partial charge in [0.25, 0.3) is 0 Å². The Kier molecular flexibility index (Phi) is 7.41. The van der Waals surface area contributed by atoms with E-state index in [9.17, 15) is 4.57 Å². The maximum absolute atomic E-state index is 11.1. The molecule has 0 aromatic rings. The van der Waals surface area contributed by atoms with Crippen molar-refractivity contribution in [3.63, 3.8) is 0 Å². The van der Waals surface area contributed by atoms with Crippen molar-refractivity contribution in [3.05, 3.63) is 0 Å². The Morgan fingerprint density at radius 1 is 1.43 bits per heavy atom. The van der Waals surface area contributed by atoms with Crippen LogP contribution in [0.5, 0.6) is 0 Å². The molecule has 0 aromatic carbocycles. The molecular formula is C8H19O5P. The molecule has 0 amide bonds. The summed E-state index contributed by atoms with van der Waals surface area (Å²) in [6.07, 6.45) is 1.19. The Hall–Kier alpha value is 0.0700. The molecule has 6 heteroatoms. The van der Waals surface area contributed by atoms with Gasteiger partial charge in [0, 0.05) is 6.61 Å². The fourth-order valence-corrected chi connectivity index (χ4v) is 1.63. The van der Waals surface area contributed by atoms with Gasteiger partial charge >= 0.3 is 7.82 Å². The van der Waals surface area contributed by atoms with Crippen LogP contribution in [-0.2, 0) is 18.3 Å². The van der Waals surface area contributed by atoms with Crippen LogP contribution in [0, 0.1) is 0 Å². The van der Waals surface area contributed by atoms with E-state index in [1.165, 1.54) is 0 Å². The topological polar surface area (TPSA) is 65.0 Å². The van der Waals surface area contributed by atoms with Crippen molar-refractivity contribution in [2.75, 3.05) is 13.2 Å². The zero-order valence-electron chi connectivity index (χ0n) is 8.93. The highest BCUT2D eigenvalue weighted by atomic mass is 31.2. The third-order valence-electron chi connectivity index (χ3n) is 1.42. The fraction of sp³-hybridized carbons (Fsp3) is 1.00. The van der Waals surface area contributed by atoms with Gasteiger partial charge in [-0.15, -0.1) is 0 Å². The minimum Gasteiger partial charge on any atom is -0.352 e. The van der Waals surface area contributed by atoms with Crippen LogP contribution in [0.25, 0.3) is 0 Å². The van der Waals surface area contributed by atoms with Gasteiger partial charge in [0.2, 0.25) is 0 Å². The average molecular weight is 226 g/mol. The van der Waals surface area contributed by atoms with Crippen LogP contribution in [0.15, 0.2) is 0 Å². The Morgan fingerprint density at radius 3 is 2.57 bits per heavy atom. The summed E-state index contributed by atoms with van der Waals surface area (Å²) in [7, 11) is -3.92. The quantitative estimate of drug-likeness (QED) is 0.391. The maximum Gasteiger partial charge on any atom is 0.474 e. The lowest BCUT2D eigenvalue weighted by atomic mass is 10.4. The van der Waals surface area contributed by atoms with Crippen molar-refractivity contribution in [1.29, 1.82) is 0 Å². The van der Waals surface area contributed by atoms with Gasteiger partial charge in [0.05, 0.1) is 6.61 Å². The van der Waals surface area contributed by atoms with E-state index in [1.54, 1.807) is 13.8 Å². The van der Waals surface area contributed by atoms with Gasteiger partial charge in [-0.3, -0.25) is 9.05 Å². The van der Waals surface area contributed by atoms with Gasteiger partial charge in [-0.2, -0.15) is 0 Å². The Labute approximate surface area is 85.0 Å². The number of ether oxygens (including phenoxy) is 1. The van der Waals surface area contributed by atoms with E-state index in [0.717, 1.165) is 12.8 Å². The molecule has 1 N–H and O–H groups in total. The number of phosphoric acid groups is 1. The second kappa shape index (κ2) is 7.37. The van der Waals surface area contributed by atoms with Crippen molar-refractivity contribution in [2.24, 2.45) is 0 Å². The first kappa shape index (κ1) is 14.1. The zero-order valence-corrected chi connectivity index (χ0v) is 9.83. The molecule has 0 saturated carbocycles. The lowest BCUT2D eigenvalue weighted by Crippen LogP contribution is -2.13. The molecule has 0 fully saturated rings. The first-order chi connectivity index (χ1) is 6.52. The summed E-state index contributed by atoms with van der Waals surface area (Å²) in [6, 6.07) is 0. The molecular weight excluding hydrogens is 207 g/mol. The summed E-state index contributed by atoms with van der Waals surface area (Å²) < 4.78 is 25.4. The molecule has 0 spiro atoms. The van der Waals surface area contributed by atoms with Gasteiger partial charge in [-0.05, 0) is 20.3 Å². The normalized spacial score (nSPS) is 17.7. The standard InChI is InChI=1S/C8H19O5P/c1-4-6-7-11-8(3)13-14(9,10)12-5-2/h8H,4-7H2,1-3H3,(H,9,10). The summed E-state index contributed by atoms with van der Waals surface area (Å²) in [5.74, 6) is 0.